The molecule has 2 unspecified atom stereocenters. The number of pyridine rings is 1. The molecule has 2 N–H and O–H groups in total. The molecule has 3 heterocycles. The molecule has 1 saturated heterocycles. The van der Waals surface area contributed by atoms with Crippen LogP contribution in [0.15, 0.2) is 54.3 Å². The molecule has 7 heteroatoms. The number of aromatic nitrogens is 2. The third-order valence-corrected chi connectivity index (χ3v) is 8.19. The molecule has 0 amide bonds. The summed E-state index contributed by atoms with van der Waals surface area (Å²) in [6, 6.07) is 9.19. The van der Waals surface area contributed by atoms with Gasteiger partial charge in [-0.25, -0.2) is 14.2 Å². The molecule has 2 fully saturated rings. The molecule has 6 nitrogen and oxygen atoms in total. The smallest absolute Gasteiger partial charge is 0.328 e. The van der Waals surface area contributed by atoms with Gasteiger partial charge in [0.05, 0.1) is 7.11 Å². The largest absolute Gasteiger partial charge is 0.496 e. The van der Waals surface area contributed by atoms with Crippen LogP contribution in [-0.2, 0) is 4.79 Å². The Labute approximate surface area is 209 Å². The minimum atomic E-state index is -0.828. The first-order valence-electron chi connectivity index (χ1n) is 12.7. The fourth-order valence-corrected chi connectivity index (χ4v) is 6.43. The first kappa shape index (κ1) is 23.0. The van der Waals surface area contributed by atoms with Crippen LogP contribution in [0.5, 0.6) is 5.75 Å². The fourth-order valence-electron chi connectivity index (χ4n) is 6.43. The zero-order chi connectivity index (χ0) is 24.8. The molecular weight excluding hydrogens is 457 g/mol. The number of allylic oxidation sites excluding steroid dienone is 2. The van der Waals surface area contributed by atoms with E-state index in [1.165, 1.54) is 23.8 Å². The molecule has 2 aliphatic carbocycles. The minimum Gasteiger partial charge on any atom is -0.496 e. The van der Waals surface area contributed by atoms with Gasteiger partial charge >= 0.3 is 5.97 Å². The van der Waals surface area contributed by atoms with Crippen LogP contribution in [-0.4, -0.2) is 52.2 Å². The summed E-state index contributed by atoms with van der Waals surface area (Å²) in [6.07, 6.45) is 10.5. The number of halogens is 1. The van der Waals surface area contributed by atoms with Gasteiger partial charge < -0.3 is 14.8 Å². The quantitative estimate of drug-likeness (QED) is 0.454. The number of methoxy groups -OCH3 is 1. The average molecular weight is 488 g/mol. The topological polar surface area (TPSA) is 78.5 Å². The van der Waals surface area contributed by atoms with Crippen LogP contribution in [0.3, 0.4) is 0 Å². The first-order chi connectivity index (χ1) is 17.5. The number of nitrogens with zero attached hydrogens (tertiary/aromatic N) is 2. The van der Waals surface area contributed by atoms with Gasteiger partial charge in [-0.2, -0.15) is 0 Å². The van der Waals surface area contributed by atoms with E-state index in [9.17, 15) is 9.18 Å². The van der Waals surface area contributed by atoms with Gasteiger partial charge in [0.15, 0.2) is 0 Å². The Morgan fingerprint density at radius 2 is 2.03 bits per heavy atom. The highest BCUT2D eigenvalue weighted by molar-refractivity contribution is 5.96. The van der Waals surface area contributed by atoms with Crippen molar-refractivity contribution in [2.45, 2.75) is 38.1 Å². The van der Waals surface area contributed by atoms with E-state index in [2.05, 4.69) is 27.0 Å². The predicted octanol–water partition coefficient (Wildman–Crippen LogP) is 5.67. The molecule has 3 aliphatic rings. The zero-order valence-corrected chi connectivity index (χ0v) is 20.3. The summed E-state index contributed by atoms with van der Waals surface area (Å²) in [4.78, 5) is 21.6. The summed E-state index contributed by atoms with van der Waals surface area (Å²) in [6.45, 7) is 2.17. The minimum absolute atomic E-state index is 0.297. The Bertz CT molecular complexity index is 1380. The van der Waals surface area contributed by atoms with Gasteiger partial charge in [0.25, 0.3) is 0 Å². The summed E-state index contributed by atoms with van der Waals surface area (Å²) < 4.78 is 19.6. The molecule has 0 spiro atoms. The Kier molecular flexibility index (Phi) is 5.88. The molecule has 2 aromatic heterocycles. The Balaban J connectivity index is 1.20. The summed E-state index contributed by atoms with van der Waals surface area (Å²) >= 11 is 0. The molecule has 186 valence electrons. The molecule has 0 bridgehead atoms. The molecule has 36 heavy (non-hydrogen) atoms. The van der Waals surface area contributed by atoms with Gasteiger partial charge in [0.1, 0.15) is 17.2 Å². The second kappa shape index (κ2) is 9.21. The predicted molar refractivity (Wildman–Crippen MR) is 137 cm³/mol. The van der Waals surface area contributed by atoms with E-state index < -0.39 is 5.97 Å². The number of hydrogen-bond acceptors (Lipinski definition) is 4. The van der Waals surface area contributed by atoms with Crippen LogP contribution in [0.4, 0.5) is 4.39 Å². The number of nitrogens with one attached hydrogen (secondary N) is 1. The number of carbonyl (C=O) groups is 1. The van der Waals surface area contributed by atoms with Crippen LogP contribution in [0, 0.1) is 17.7 Å². The van der Waals surface area contributed by atoms with Crippen molar-refractivity contribution in [1.82, 2.24) is 14.9 Å². The van der Waals surface area contributed by atoms with Crippen molar-refractivity contribution in [3.63, 3.8) is 0 Å². The number of aliphatic carboxylic acids is 1. The highest BCUT2D eigenvalue weighted by Crippen LogP contribution is 2.44. The number of rotatable bonds is 5. The third kappa shape index (κ3) is 4.22. The monoisotopic (exact) mass is 487 g/mol. The lowest BCUT2D eigenvalue weighted by atomic mass is 9.89. The van der Waals surface area contributed by atoms with Crippen molar-refractivity contribution >= 4 is 22.6 Å². The fraction of sp³-hybridized carbons (Fsp3) is 0.379. The van der Waals surface area contributed by atoms with Crippen LogP contribution < -0.4 is 4.74 Å². The lowest BCUT2D eigenvalue weighted by Crippen LogP contribution is -2.35. The van der Waals surface area contributed by atoms with Gasteiger partial charge in [-0.3, -0.25) is 4.90 Å². The molecule has 6 rings (SSSR count). The number of likely N-dealkylation sites (tertiary alicyclic amines) is 1. The number of H-pyrrole nitrogens is 1. The second-order valence-electron chi connectivity index (χ2n) is 10.3. The number of carboxylic acids is 1. The van der Waals surface area contributed by atoms with Gasteiger partial charge in [0.2, 0.25) is 0 Å². The molecule has 0 radical (unpaired) electrons. The molecule has 1 aromatic carbocycles. The van der Waals surface area contributed by atoms with Crippen molar-refractivity contribution in [2.75, 3.05) is 20.2 Å². The van der Waals surface area contributed by atoms with E-state index in [-0.39, 0.29) is 5.82 Å². The molecule has 1 saturated carbocycles. The highest BCUT2D eigenvalue weighted by atomic mass is 19.1. The number of benzene rings is 1. The van der Waals surface area contributed by atoms with Crippen molar-refractivity contribution in [3.05, 3.63) is 65.8 Å². The van der Waals surface area contributed by atoms with Gasteiger partial charge in [0, 0.05) is 48.0 Å². The van der Waals surface area contributed by atoms with Crippen LogP contribution in [0.25, 0.3) is 27.7 Å². The van der Waals surface area contributed by atoms with Crippen LogP contribution in [0.1, 0.15) is 37.8 Å². The van der Waals surface area contributed by atoms with Gasteiger partial charge in [-0.15, -0.1) is 0 Å². The van der Waals surface area contributed by atoms with E-state index in [0.29, 0.717) is 23.6 Å². The Hall–Kier alpha value is -3.45. The van der Waals surface area contributed by atoms with E-state index >= 15 is 0 Å². The average Bonchev–Trinajstić information content (AvgIpc) is 3.57. The lowest BCUT2D eigenvalue weighted by molar-refractivity contribution is -0.131. The first-order valence-corrected chi connectivity index (χ1v) is 12.7. The standard InChI is InChI=1S/C29H30FN3O3/c1-36-27-7-4-21(30)13-24(27)23-8-9-31-29-25(23)14-26(32-29)18-11-19-15-33(16-20(19)12-18)22-5-2-17(3-6-22)10-28(34)35/h4,7-11,13-14,19-20,22H,2-3,5-6,12,15-16H2,1H3,(H,31,32)(H,34,35). The maximum atomic E-state index is 14.1. The van der Waals surface area contributed by atoms with E-state index in [1.54, 1.807) is 19.4 Å². The van der Waals surface area contributed by atoms with Crippen molar-refractivity contribution in [1.29, 1.82) is 0 Å². The number of hydrogen-bond donors (Lipinski definition) is 2. The number of fused-ring (bicyclic) bond motifs is 2. The summed E-state index contributed by atoms with van der Waals surface area (Å²) in [5, 5.41) is 9.97. The van der Waals surface area contributed by atoms with Crippen molar-refractivity contribution in [3.8, 4) is 16.9 Å². The lowest BCUT2D eigenvalue weighted by Gasteiger charge is -2.32. The van der Waals surface area contributed by atoms with Crippen LogP contribution >= 0.6 is 0 Å². The molecule has 3 aromatic rings. The van der Waals surface area contributed by atoms with Gasteiger partial charge in [-0.1, -0.05) is 11.6 Å². The summed E-state index contributed by atoms with van der Waals surface area (Å²) in [5.41, 5.74) is 5.90. The SMILES string of the molecule is COc1ccc(F)cc1-c1ccnc2[nH]c(C3=CC4CN(C5CCC(=CC(=O)O)CC5)CC4C3)cc12. The molecule has 1 aliphatic heterocycles. The number of ether oxygens (including phenoxy) is 1. The second-order valence-corrected chi connectivity index (χ2v) is 10.3. The third-order valence-electron chi connectivity index (χ3n) is 8.19. The maximum absolute atomic E-state index is 14.1. The highest BCUT2D eigenvalue weighted by Gasteiger charge is 2.39. The maximum Gasteiger partial charge on any atom is 0.328 e. The van der Waals surface area contributed by atoms with E-state index in [4.69, 9.17) is 9.84 Å². The molecule has 2 atom stereocenters. The number of aromatic amines is 1. The molecular formula is C29H30FN3O3. The van der Waals surface area contributed by atoms with E-state index in [1.807, 2.05) is 6.07 Å². The van der Waals surface area contributed by atoms with Crippen LogP contribution in [0.2, 0.25) is 0 Å². The van der Waals surface area contributed by atoms with Crippen molar-refractivity contribution in [2.24, 2.45) is 11.8 Å². The zero-order valence-electron chi connectivity index (χ0n) is 20.3. The summed E-state index contributed by atoms with van der Waals surface area (Å²) in [7, 11) is 1.60. The van der Waals surface area contributed by atoms with Gasteiger partial charge in [-0.05, 0) is 85.4 Å². The van der Waals surface area contributed by atoms with E-state index in [0.717, 1.165) is 78.6 Å². The van der Waals surface area contributed by atoms with Crippen molar-refractivity contribution < 1.29 is 19.0 Å². The summed E-state index contributed by atoms with van der Waals surface area (Å²) in [5.74, 6) is 0.659. The number of carboxylic acid groups (broad SMARTS) is 1. The Morgan fingerprint density at radius 1 is 1.19 bits per heavy atom. The normalized spacial score (nSPS) is 24.1. The Morgan fingerprint density at radius 3 is 2.78 bits per heavy atom.